The van der Waals surface area contributed by atoms with Gasteiger partial charge in [-0.3, -0.25) is 9.59 Å². The van der Waals surface area contributed by atoms with Crippen molar-refractivity contribution in [3.8, 4) is 0 Å². The van der Waals surface area contributed by atoms with Crippen molar-refractivity contribution in [2.24, 2.45) is 5.92 Å². The number of furan rings is 1. The zero-order chi connectivity index (χ0) is 16.8. The highest BCUT2D eigenvalue weighted by atomic mass is 16.3. The Morgan fingerprint density at radius 3 is 2.54 bits per heavy atom. The fourth-order valence-corrected chi connectivity index (χ4v) is 3.90. The first-order chi connectivity index (χ1) is 11.7. The lowest BCUT2D eigenvalue weighted by molar-refractivity contribution is -0.132. The highest BCUT2D eigenvalue weighted by molar-refractivity contribution is 5.91. The van der Waals surface area contributed by atoms with Gasteiger partial charge in [-0.2, -0.15) is 0 Å². The van der Waals surface area contributed by atoms with Crippen molar-refractivity contribution < 1.29 is 14.0 Å². The molecule has 0 aromatic carbocycles. The third kappa shape index (κ3) is 4.62. The van der Waals surface area contributed by atoms with E-state index in [1.54, 1.807) is 12.1 Å². The van der Waals surface area contributed by atoms with Gasteiger partial charge in [0.1, 0.15) is 0 Å². The van der Waals surface area contributed by atoms with E-state index in [2.05, 4.69) is 5.32 Å². The Kier molecular flexibility index (Phi) is 5.94. The van der Waals surface area contributed by atoms with Gasteiger partial charge in [-0.05, 0) is 37.3 Å². The third-order valence-electron chi connectivity index (χ3n) is 5.42. The van der Waals surface area contributed by atoms with Gasteiger partial charge in [0.15, 0.2) is 5.76 Å². The topological polar surface area (TPSA) is 62.6 Å². The molecule has 2 amide bonds. The summed E-state index contributed by atoms with van der Waals surface area (Å²) in [6, 6.07) is 3.51. The van der Waals surface area contributed by atoms with Crippen molar-refractivity contribution in [3.63, 3.8) is 0 Å². The normalized spacial score (nSPS) is 20.1. The lowest BCUT2D eigenvalue weighted by atomic mass is 9.86. The quantitative estimate of drug-likeness (QED) is 0.899. The number of piperidine rings is 1. The number of hydrogen-bond donors (Lipinski definition) is 1. The van der Waals surface area contributed by atoms with Gasteiger partial charge < -0.3 is 14.6 Å². The molecule has 3 rings (SSSR count). The van der Waals surface area contributed by atoms with E-state index in [1.165, 1.54) is 38.4 Å². The summed E-state index contributed by atoms with van der Waals surface area (Å²) in [4.78, 5) is 26.3. The monoisotopic (exact) mass is 332 g/mol. The van der Waals surface area contributed by atoms with E-state index in [4.69, 9.17) is 4.42 Å². The van der Waals surface area contributed by atoms with Crippen molar-refractivity contribution in [1.29, 1.82) is 0 Å². The number of nitrogens with zero attached hydrogens (tertiary/aromatic N) is 1. The number of likely N-dealkylation sites (tertiary alicyclic amines) is 1. The fourth-order valence-electron chi connectivity index (χ4n) is 3.90. The van der Waals surface area contributed by atoms with Gasteiger partial charge >= 0.3 is 0 Å². The molecule has 0 unspecified atom stereocenters. The molecule has 5 heteroatoms. The Morgan fingerprint density at radius 2 is 1.88 bits per heavy atom. The summed E-state index contributed by atoms with van der Waals surface area (Å²) in [5.74, 6) is 1.23. The van der Waals surface area contributed by atoms with Crippen LogP contribution in [0.3, 0.4) is 0 Å². The molecule has 2 fully saturated rings. The van der Waals surface area contributed by atoms with Crippen LogP contribution in [0.25, 0.3) is 0 Å². The molecule has 0 spiro atoms. The van der Waals surface area contributed by atoms with E-state index in [0.29, 0.717) is 12.2 Å². The predicted molar refractivity (Wildman–Crippen MR) is 91.6 cm³/mol. The molecule has 1 aliphatic heterocycles. The van der Waals surface area contributed by atoms with Gasteiger partial charge in [0, 0.05) is 25.6 Å². The van der Waals surface area contributed by atoms with E-state index in [1.807, 2.05) is 4.90 Å². The van der Waals surface area contributed by atoms with Crippen molar-refractivity contribution in [2.45, 2.75) is 63.8 Å². The largest absolute Gasteiger partial charge is 0.459 e. The van der Waals surface area contributed by atoms with E-state index < -0.39 is 0 Å². The molecule has 5 nitrogen and oxygen atoms in total. The van der Waals surface area contributed by atoms with Crippen molar-refractivity contribution in [2.75, 3.05) is 13.1 Å². The molecule has 132 valence electrons. The number of amides is 2. The highest BCUT2D eigenvalue weighted by Crippen LogP contribution is 2.27. The van der Waals surface area contributed by atoms with Crippen LogP contribution in [0.15, 0.2) is 22.8 Å². The summed E-state index contributed by atoms with van der Waals surface area (Å²) in [5, 5.41) is 2.99. The molecule has 2 aliphatic rings. The summed E-state index contributed by atoms with van der Waals surface area (Å²) in [6.45, 7) is 1.49. The Labute approximate surface area is 143 Å². The first-order valence-corrected chi connectivity index (χ1v) is 9.34. The summed E-state index contributed by atoms with van der Waals surface area (Å²) in [5.41, 5.74) is 0. The Balaban J connectivity index is 1.36. The Bertz CT molecular complexity index is 527. The minimum atomic E-state index is -0.165. The van der Waals surface area contributed by atoms with Gasteiger partial charge in [0.05, 0.1) is 6.26 Å². The molecule has 0 radical (unpaired) electrons. The number of nitrogens with one attached hydrogen (secondary N) is 1. The molecule has 24 heavy (non-hydrogen) atoms. The van der Waals surface area contributed by atoms with E-state index in [-0.39, 0.29) is 17.9 Å². The highest BCUT2D eigenvalue weighted by Gasteiger charge is 2.25. The maximum Gasteiger partial charge on any atom is 0.287 e. The molecular weight excluding hydrogens is 304 g/mol. The van der Waals surface area contributed by atoms with Crippen molar-refractivity contribution >= 4 is 11.8 Å². The van der Waals surface area contributed by atoms with Crippen LogP contribution in [0, 0.1) is 5.92 Å². The molecule has 1 N–H and O–H groups in total. The van der Waals surface area contributed by atoms with Gasteiger partial charge in [0.25, 0.3) is 5.91 Å². The van der Waals surface area contributed by atoms with Gasteiger partial charge in [-0.25, -0.2) is 0 Å². The maximum absolute atomic E-state index is 12.4. The van der Waals surface area contributed by atoms with Crippen LogP contribution in [0.4, 0.5) is 0 Å². The van der Waals surface area contributed by atoms with E-state index >= 15 is 0 Å². The average Bonchev–Trinajstić information content (AvgIpc) is 3.16. The minimum absolute atomic E-state index is 0.130. The molecule has 1 aliphatic carbocycles. The van der Waals surface area contributed by atoms with E-state index in [0.717, 1.165) is 38.3 Å². The lowest BCUT2D eigenvalue weighted by Crippen LogP contribution is -2.46. The molecule has 1 aromatic heterocycles. The smallest absolute Gasteiger partial charge is 0.287 e. The van der Waals surface area contributed by atoms with Crippen LogP contribution < -0.4 is 5.32 Å². The summed E-state index contributed by atoms with van der Waals surface area (Å²) < 4.78 is 5.11. The molecular formula is C19H28N2O3. The third-order valence-corrected chi connectivity index (χ3v) is 5.42. The zero-order valence-electron chi connectivity index (χ0n) is 14.3. The van der Waals surface area contributed by atoms with Crippen molar-refractivity contribution in [1.82, 2.24) is 10.2 Å². The van der Waals surface area contributed by atoms with Gasteiger partial charge in [-0.1, -0.05) is 32.1 Å². The predicted octanol–water partition coefficient (Wildman–Crippen LogP) is 3.36. The second-order valence-corrected chi connectivity index (χ2v) is 7.15. The SMILES string of the molecule is O=C(NC1CCN(C(=O)CCC2CCCCC2)CC1)c1ccco1. The first kappa shape index (κ1) is 17.1. The maximum atomic E-state index is 12.4. The van der Waals surface area contributed by atoms with Crippen LogP contribution >= 0.6 is 0 Å². The summed E-state index contributed by atoms with van der Waals surface area (Å²) >= 11 is 0. The summed E-state index contributed by atoms with van der Waals surface area (Å²) in [6.07, 6.45) is 11.5. The first-order valence-electron chi connectivity index (χ1n) is 9.34. The Morgan fingerprint density at radius 1 is 1.12 bits per heavy atom. The molecule has 2 heterocycles. The Hall–Kier alpha value is -1.78. The van der Waals surface area contributed by atoms with Crippen LogP contribution in [0.2, 0.25) is 0 Å². The second kappa shape index (κ2) is 8.36. The molecule has 0 atom stereocenters. The summed E-state index contributed by atoms with van der Waals surface area (Å²) in [7, 11) is 0. The molecule has 1 aromatic rings. The van der Waals surface area contributed by atoms with Gasteiger partial charge in [0.2, 0.25) is 5.91 Å². The van der Waals surface area contributed by atoms with Crippen LogP contribution in [0.1, 0.15) is 68.3 Å². The molecule has 0 bridgehead atoms. The van der Waals surface area contributed by atoms with Crippen LogP contribution in [-0.2, 0) is 4.79 Å². The van der Waals surface area contributed by atoms with Crippen LogP contribution in [-0.4, -0.2) is 35.8 Å². The standard InChI is InChI=1S/C19H28N2O3/c22-18(9-8-15-5-2-1-3-6-15)21-12-10-16(11-13-21)20-19(23)17-7-4-14-24-17/h4,7,14-16H,1-3,5-6,8-13H2,(H,20,23). The number of carbonyl (C=O) groups is 2. The van der Waals surface area contributed by atoms with Crippen molar-refractivity contribution in [3.05, 3.63) is 24.2 Å². The number of carbonyl (C=O) groups excluding carboxylic acids is 2. The zero-order valence-corrected chi connectivity index (χ0v) is 14.3. The second-order valence-electron chi connectivity index (χ2n) is 7.15. The average molecular weight is 332 g/mol. The minimum Gasteiger partial charge on any atom is -0.459 e. The number of rotatable bonds is 5. The number of hydrogen-bond acceptors (Lipinski definition) is 3. The molecule has 1 saturated carbocycles. The lowest BCUT2D eigenvalue weighted by Gasteiger charge is -2.32. The van der Waals surface area contributed by atoms with E-state index in [9.17, 15) is 9.59 Å². The fraction of sp³-hybridized carbons (Fsp3) is 0.684. The van der Waals surface area contributed by atoms with Crippen LogP contribution in [0.5, 0.6) is 0 Å². The molecule has 1 saturated heterocycles. The van der Waals surface area contributed by atoms with Gasteiger partial charge in [-0.15, -0.1) is 0 Å².